The molecule has 2 aromatic heterocycles. The summed E-state index contributed by atoms with van der Waals surface area (Å²) >= 11 is 0. The van der Waals surface area contributed by atoms with Crippen molar-refractivity contribution in [1.82, 2.24) is 15.0 Å². The monoisotopic (exact) mass is 687 g/mol. The first-order chi connectivity index (χ1) is 26.8. The molecule has 10 rings (SSSR count). The van der Waals surface area contributed by atoms with Crippen LogP contribution in [0, 0.1) is 0 Å². The maximum atomic E-state index is 5.50. The molecule has 252 valence electrons. The van der Waals surface area contributed by atoms with E-state index in [1.165, 1.54) is 27.3 Å². The zero-order valence-electron chi connectivity index (χ0n) is 29.4. The number of para-hydroxylation sites is 1. The van der Waals surface area contributed by atoms with Crippen molar-refractivity contribution in [3.63, 3.8) is 0 Å². The highest BCUT2D eigenvalue weighted by molar-refractivity contribution is 6.20. The fourth-order valence-corrected chi connectivity index (χ4v) is 7.70. The number of pyridine rings is 1. The third kappa shape index (κ3) is 5.60. The molecule has 0 N–H and O–H groups in total. The highest BCUT2D eigenvalue weighted by Crippen LogP contribution is 2.43. The van der Waals surface area contributed by atoms with Crippen LogP contribution in [0.15, 0.2) is 200 Å². The van der Waals surface area contributed by atoms with Crippen molar-refractivity contribution in [2.24, 2.45) is 0 Å². The number of hydrogen-bond acceptors (Lipinski definition) is 3. The van der Waals surface area contributed by atoms with Gasteiger partial charge in [0.1, 0.15) is 0 Å². The number of benzene rings is 8. The van der Waals surface area contributed by atoms with Crippen LogP contribution in [0.3, 0.4) is 0 Å². The standard InChI is InChI=1S/C51H33N3/c1-4-16-36(17-5-1)46-33-47(53-51(52-46)39-20-8-3-9-21-39)37-31-29-35(30-32-37)41-24-13-28-45-48-43(42-25-12-22-34-15-10-11-23-40(34)42)26-14-27-44(48)49(54-50(41)45)38-18-6-2-7-19-38/h1-33H. The molecule has 0 bridgehead atoms. The largest absolute Gasteiger partial charge is 0.246 e. The smallest absolute Gasteiger partial charge is 0.160 e. The summed E-state index contributed by atoms with van der Waals surface area (Å²) in [5.74, 6) is 0.705. The van der Waals surface area contributed by atoms with Gasteiger partial charge in [-0.15, -0.1) is 0 Å². The van der Waals surface area contributed by atoms with Gasteiger partial charge in [-0.3, -0.25) is 0 Å². The van der Waals surface area contributed by atoms with E-state index in [2.05, 4.69) is 164 Å². The van der Waals surface area contributed by atoms with Crippen molar-refractivity contribution in [2.45, 2.75) is 0 Å². The van der Waals surface area contributed by atoms with Gasteiger partial charge in [-0.05, 0) is 33.5 Å². The van der Waals surface area contributed by atoms with Crippen LogP contribution < -0.4 is 0 Å². The minimum atomic E-state index is 0.705. The van der Waals surface area contributed by atoms with Gasteiger partial charge in [-0.1, -0.05) is 194 Å². The zero-order valence-corrected chi connectivity index (χ0v) is 29.4. The van der Waals surface area contributed by atoms with Crippen molar-refractivity contribution >= 4 is 32.4 Å². The molecule has 0 saturated heterocycles. The van der Waals surface area contributed by atoms with E-state index in [1.54, 1.807) is 0 Å². The number of aromatic nitrogens is 3. The van der Waals surface area contributed by atoms with Crippen molar-refractivity contribution < 1.29 is 0 Å². The lowest BCUT2D eigenvalue weighted by molar-refractivity contribution is 1.18. The lowest BCUT2D eigenvalue weighted by atomic mass is 9.89. The molecule has 0 aliphatic heterocycles. The first kappa shape index (κ1) is 31.5. The summed E-state index contributed by atoms with van der Waals surface area (Å²) in [5, 5.41) is 5.94. The average molecular weight is 688 g/mol. The molecule has 0 atom stereocenters. The Morgan fingerprint density at radius 1 is 0.296 bits per heavy atom. The van der Waals surface area contributed by atoms with E-state index in [0.717, 1.165) is 66.8 Å². The van der Waals surface area contributed by atoms with Crippen LogP contribution in [-0.2, 0) is 0 Å². The van der Waals surface area contributed by atoms with Gasteiger partial charge in [0, 0.05) is 44.0 Å². The Morgan fingerprint density at radius 3 is 1.52 bits per heavy atom. The molecule has 0 aliphatic rings. The van der Waals surface area contributed by atoms with Crippen LogP contribution in [0.5, 0.6) is 0 Å². The highest BCUT2D eigenvalue weighted by Gasteiger charge is 2.18. The minimum absolute atomic E-state index is 0.705. The second-order valence-electron chi connectivity index (χ2n) is 13.6. The van der Waals surface area contributed by atoms with Crippen LogP contribution in [-0.4, -0.2) is 15.0 Å². The number of hydrogen-bond donors (Lipinski definition) is 0. The maximum absolute atomic E-state index is 5.50. The summed E-state index contributed by atoms with van der Waals surface area (Å²) in [6.45, 7) is 0. The second-order valence-corrected chi connectivity index (χ2v) is 13.6. The molecule has 54 heavy (non-hydrogen) atoms. The molecule has 3 heteroatoms. The summed E-state index contributed by atoms with van der Waals surface area (Å²) in [5.41, 5.74) is 12.5. The van der Waals surface area contributed by atoms with Crippen LogP contribution >= 0.6 is 0 Å². The molecule has 0 unspecified atom stereocenters. The Hall–Kier alpha value is -7.23. The second kappa shape index (κ2) is 13.4. The molecular weight excluding hydrogens is 655 g/mol. The molecular formula is C51H33N3. The third-order valence-corrected chi connectivity index (χ3v) is 10.3. The van der Waals surface area contributed by atoms with Crippen LogP contribution in [0.2, 0.25) is 0 Å². The first-order valence-corrected chi connectivity index (χ1v) is 18.3. The number of nitrogens with zero attached hydrogens (tertiary/aromatic N) is 3. The highest BCUT2D eigenvalue weighted by atomic mass is 14.9. The van der Waals surface area contributed by atoms with Gasteiger partial charge >= 0.3 is 0 Å². The molecule has 0 aliphatic carbocycles. The van der Waals surface area contributed by atoms with Gasteiger partial charge in [-0.25, -0.2) is 15.0 Å². The lowest BCUT2D eigenvalue weighted by Crippen LogP contribution is -1.96. The van der Waals surface area contributed by atoms with E-state index in [0.29, 0.717) is 5.82 Å². The van der Waals surface area contributed by atoms with Crippen LogP contribution in [0.25, 0.3) is 99.9 Å². The van der Waals surface area contributed by atoms with Gasteiger partial charge < -0.3 is 0 Å². The zero-order chi connectivity index (χ0) is 35.8. The van der Waals surface area contributed by atoms with Crippen molar-refractivity contribution in [3.05, 3.63) is 200 Å². The number of rotatable bonds is 6. The summed E-state index contributed by atoms with van der Waals surface area (Å²) in [7, 11) is 0. The van der Waals surface area contributed by atoms with Crippen molar-refractivity contribution in [1.29, 1.82) is 0 Å². The van der Waals surface area contributed by atoms with E-state index < -0.39 is 0 Å². The molecule has 8 aromatic carbocycles. The maximum Gasteiger partial charge on any atom is 0.160 e. The molecule has 0 saturated carbocycles. The Morgan fingerprint density at radius 2 is 0.796 bits per heavy atom. The number of fused-ring (bicyclic) bond motifs is 4. The first-order valence-electron chi connectivity index (χ1n) is 18.3. The van der Waals surface area contributed by atoms with Gasteiger partial charge in [0.05, 0.1) is 22.6 Å². The quantitative estimate of drug-likeness (QED) is 0.163. The molecule has 3 nitrogen and oxygen atoms in total. The van der Waals surface area contributed by atoms with E-state index >= 15 is 0 Å². The lowest BCUT2D eigenvalue weighted by Gasteiger charge is -2.17. The Balaban J connectivity index is 1.16. The predicted molar refractivity (Wildman–Crippen MR) is 225 cm³/mol. The van der Waals surface area contributed by atoms with Gasteiger partial charge in [0.15, 0.2) is 5.82 Å². The Kier molecular flexibility index (Phi) is 7.81. The van der Waals surface area contributed by atoms with Crippen LogP contribution in [0.4, 0.5) is 0 Å². The Labute approximate surface area is 313 Å². The summed E-state index contributed by atoms with van der Waals surface area (Å²) in [6, 6.07) is 70.3. The molecule has 10 aromatic rings. The topological polar surface area (TPSA) is 38.7 Å². The molecule has 0 radical (unpaired) electrons. The summed E-state index contributed by atoms with van der Waals surface area (Å²) < 4.78 is 0. The normalized spacial score (nSPS) is 11.3. The molecule has 2 heterocycles. The Bertz CT molecular complexity index is 2890. The van der Waals surface area contributed by atoms with Gasteiger partial charge in [0.25, 0.3) is 0 Å². The van der Waals surface area contributed by atoms with Gasteiger partial charge in [-0.2, -0.15) is 0 Å². The van der Waals surface area contributed by atoms with E-state index in [9.17, 15) is 0 Å². The van der Waals surface area contributed by atoms with Gasteiger partial charge in [0.2, 0.25) is 0 Å². The minimum Gasteiger partial charge on any atom is -0.246 e. The third-order valence-electron chi connectivity index (χ3n) is 10.3. The van der Waals surface area contributed by atoms with E-state index in [1.807, 2.05) is 36.4 Å². The van der Waals surface area contributed by atoms with Crippen LogP contribution in [0.1, 0.15) is 0 Å². The van der Waals surface area contributed by atoms with E-state index in [-0.39, 0.29) is 0 Å². The SMILES string of the molecule is c1ccc(-c2cc(-c3ccc(-c4cccc5c4nc(-c4ccccc4)c4cccc(-c6cccc7ccccc67)c45)cc3)nc(-c3ccccc3)n2)cc1. The molecule has 0 fully saturated rings. The average Bonchev–Trinajstić information content (AvgIpc) is 3.26. The van der Waals surface area contributed by atoms with Crippen molar-refractivity contribution in [3.8, 4) is 67.4 Å². The molecule has 0 amide bonds. The molecule has 0 spiro atoms. The predicted octanol–water partition coefficient (Wildman–Crippen LogP) is 13.3. The summed E-state index contributed by atoms with van der Waals surface area (Å²) in [4.78, 5) is 15.5. The fourth-order valence-electron chi connectivity index (χ4n) is 7.70. The van der Waals surface area contributed by atoms with Crippen molar-refractivity contribution in [2.75, 3.05) is 0 Å². The summed E-state index contributed by atoms with van der Waals surface area (Å²) in [6.07, 6.45) is 0. The fraction of sp³-hybridized carbons (Fsp3) is 0. The van der Waals surface area contributed by atoms with E-state index in [4.69, 9.17) is 15.0 Å².